The third kappa shape index (κ3) is 6.22. The minimum Gasteiger partial charge on any atom is -0.497 e. The van der Waals surface area contributed by atoms with Crippen molar-refractivity contribution in [2.45, 2.75) is 13.3 Å². The number of methoxy groups -OCH3 is 1. The van der Waals surface area contributed by atoms with Gasteiger partial charge in [0, 0.05) is 17.8 Å². The number of aromatic nitrogens is 2. The van der Waals surface area contributed by atoms with Crippen molar-refractivity contribution in [1.82, 2.24) is 15.1 Å². The molecule has 1 heterocycles. The lowest BCUT2D eigenvalue weighted by atomic mass is 10.2. The smallest absolute Gasteiger partial charge is 0.299 e. The van der Waals surface area contributed by atoms with Gasteiger partial charge in [0.2, 0.25) is 0 Å². The van der Waals surface area contributed by atoms with Crippen LogP contribution in [0.2, 0.25) is 10.0 Å². The Morgan fingerprint density at radius 3 is 2.46 bits per heavy atom. The molecular formula is C27H24Cl2N4O4. The standard InChI is InChI=1S/C27H24Cl2N4O4/c1-3-13-30-26(34)17-5-4-6-18(14-17)32-25-24(37-21-10-8-20(36-2)9-11-21)16-31-33(27(25)35)19-7-12-22(28)23(29)15-19/h4-12,14-16,32H,3,13H2,1-2H3,(H,30,34). The molecule has 0 aliphatic carbocycles. The number of amides is 1. The number of ether oxygens (including phenoxy) is 2. The summed E-state index contributed by atoms with van der Waals surface area (Å²) in [6.07, 6.45) is 2.25. The van der Waals surface area contributed by atoms with Crippen molar-refractivity contribution < 1.29 is 14.3 Å². The Labute approximate surface area is 223 Å². The molecule has 1 amide bonds. The van der Waals surface area contributed by atoms with E-state index in [9.17, 15) is 9.59 Å². The average molecular weight is 539 g/mol. The highest BCUT2D eigenvalue weighted by Gasteiger charge is 2.17. The van der Waals surface area contributed by atoms with Crippen LogP contribution < -0.4 is 25.7 Å². The van der Waals surface area contributed by atoms with E-state index in [0.29, 0.717) is 40.0 Å². The maximum absolute atomic E-state index is 13.6. The van der Waals surface area contributed by atoms with Gasteiger partial charge in [-0.3, -0.25) is 9.59 Å². The fourth-order valence-corrected chi connectivity index (χ4v) is 3.72. The number of benzene rings is 3. The Hall–Kier alpha value is -4.01. The first-order valence-corrected chi connectivity index (χ1v) is 12.2. The van der Waals surface area contributed by atoms with Gasteiger partial charge in [-0.15, -0.1) is 0 Å². The van der Waals surface area contributed by atoms with Crippen LogP contribution in [0.4, 0.5) is 11.4 Å². The van der Waals surface area contributed by atoms with Crippen molar-refractivity contribution >= 4 is 40.5 Å². The van der Waals surface area contributed by atoms with Crippen LogP contribution in [0, 0.1) is 0 Å². The van der Waals surface area contributed by atoms with Crippen LogP contribution in [0.1, 0.15) is 23.7 Å². The molecule has 0 aliphatic rings. The summed E-state index contributed by atoms with van der Waals surface area (Å²) in [6, 6.07) is 18.5. The number of hydrogen-bond acceptors (Lipinski definition) is 6. The van der Waals surface area contributed by atoms with Crippen molar-refractivity contribution in [1.29, 1.82) is 0 Å². The van der Waals surface area contributed by atoms with Crippen LogP contribution in [0.25, 0.3) is 5.69 Å². The summed E-state index contributed by atoms with van der Waals surface area (Å²) >= 11 is 12.2. The fraction of sp³-hybridized carbons (Fsp3) is 0.148. The molecule has 4 rings (SSSR count). The molecule has 3 aromatic carbocycles. The zero-order valence-electron chi connectivity index (χ0n) is 20.1. The van der Waals surface area contributed by atoms with Crippen molar-refractivity contribution in [2.75, 3.05) is 19.0 Å². The average Bonchev–Trinajstić information content (AvgIpc) is 2.91. The molecule has 190 valence electrons. The monoisotopic (exact) mass is 538 g/mol. The van der Waals surface area contributed by atoms with Crippen molar-refractivity contribution in [3.8, 4) is 22.9 Å². The maximum Gasteiger partial charge on any atom is 0.299 e. The van der Waals surface area contributed by atoms with Gasteiger partial charge >= 0.3 is 0 Å². The van der Waals surface area contributed by atoms with Crippen molar-refractivity contribution in [3.05, 3.63) is 98.9 Å². The fourth-order valence-electron chi connectivity index (χ4n) is 3.43. The van der Waals surface area contributed by atoms with E-state index in [1.165, 1.54) is 10.9 Å². The highest BCUT2D eigenvalue weighted by molar-refractivity contribution is 6.42. The van der Waals surface area contributed by atoms with Gasteiger partial charge in [-0.05, 0) is 67.1 Å². The topological polar surface area (TPSA) is 94.5 Å². The Bertz CT molecular complexity index is 1470. The molecule has 2 N–H and O–H groups in total. The second kappa shape index (κ2) is 11.8. The molecule has 37 heavy (non-hydrogen) atoms. The van der Waals surface area contributed by atoms with Crippen LogP contribution in [0.5, 0.6) is 17.2 Å². The minimum absolute atomic E-state index is 0.114. The van der Waals surface area contributed by atoms with E-state index in [1.807, 2.05) is 6.92 Å². The first-order valence-electron chi connectivity index (χ1n) is 11.4. The lowest BCUT2D eigenvalue weighted by molar-refractivity contribution is 0.0953. The molecule has 4 aromatic rings. The summed E-state index contributed by atoms with van der Waals surface area (Å²) in [5, 5.41) is 10.9. The van der Waals surface area contributed by atoms with E-state index in [4.69, 9.17) is 32.7 Å². The Morgan fingerprint density at radius 1 is 1.00 bits per heavy atom. The third-order valence-corrected chi connectivity index (χ3v) is 6.05. The largest absolute Gasteiger partial charge is 0.497 e. The molecule has 1 aromatic heterocycles. The van der Waals surface area contributed by atoms with E-state index in [0.717, 1.165) is 6.42 Å². The van der Waals surface area contributed by atoms with Gasteiger partial charge in [-0.1, -0.05) is 36.2 Å². The molecule has 0 unspecified atom stereocenters. The van der Waals surface area contributed by atoms with Crippen molar-refractivity contribution in [3.63, 3.8) is 0 Å². The number of halogens is 2. The van der Waals surface area contributed by atoms with Crippen LogP contribution in [-0.4, -0.2) is 29.3 Å². The zero-order chi connectivity index (χ0) is 26.4. The summed E-state index contributed by atoms with van der Waals surface area (Å²) in [4.78, 5) is 26.1. The first-order chi connectivity index (χ1) is 17.9. The molecule has 10 heteroatoms. The van der Waals surface area contributed by atoms with Crippen LogP contribution in [0.15, 0.2) is 77.7 Å². The predicted octanol–water partition coefficient (Wildman–Crippen LogP) is 6.22. The number of carbonyl (C=O) groups is 1. The Kier molecular flexibility index (Phi) is 8.32. The number of rotatable bonds is 9. The van der Waals surface area contributed by atoms with Gasteiger partial charge in [-0.25, -0.2) is 0 Å². The van der Waals surface area contributed by atoms with E-state index in [-0.39, 0.29) is 22.4 Å². The molecule has 0 bridgehead atoms. The number of nitrogens with one attached hydrogen (secondary N) is 2. The highest BCUT2D eigenvalue weighted by atomic mass is 35.5. The van der Waals surface area contributed by atoms with E-state index in [1.54, 1.807) is 73.8 Å². The van der Waals surface area contributed by atoms with Gasteiger partial charge in [0.25, 0.3) is 11.5 Å². The second-order valence-electron chi connectivity index (χ2n) is 7.94. The molecule has 0 aliphatic heterocycles. The van der Waals surface area contributed by atoms with Gasteiger partial charge in [0.1, 0.15) is 11.5 Å². The molecule has 0 spiro atoms. The molecule has 0 saturated heterocycles. The number of anilines is 2. The number of carbonyl (C=O) groups excluding carboxylic acids is 1. The van der Waals surface area contributed by atoms with Crippen molar-refractivity contribution in [2.24, 2.45) is 0 Å². The van der Waals surface area contributed by atoms with Gasteiger partial charge in [0.05, 0.1) is 29.0 Å². The minimum atomic E-state index is -0.495. The number of nitrogens with zero attached hydrogens (tertiary/aromatic N) is 2. The summed E-state index contributed by atoms with van der Waals surface area (Å²) in [5.41, 5.74) is 1.02. The quantitative estimate of drug-likeness (QED) is 0.262. The molecule has 0 saturated carbocycles. The number of hydrogen-bond donors (Lipinski definition) is 2. The third-order valence-electron chi connectivity index (χ3n) is 5.31. The summed E-state index contributed by atoms with van der Waals surface area (Å²) < 4.78 is 12.4. The lowest BCUT2D eigenvalue weighted by Crippen LogP contribution is -2.25. The van der Waals surface area contributed by atoms with E-state index >= 15 is 0 Å². The predicted molar refractivity (Wildman–Crippen MR) is 145 cm³/mol. The molecule has 0 radical (unpaired) electrons. The Balaban J connectivity index is 1.75. The summed E-state index contributed by atoms with van der Waals surface area (Å²) in [6.45, 7) is 2.54. The van der Waals surface area contributed by atoms with E-state index in [2.05, 4.69) is 15.7 Å². The first kappa shape index (κ1) is 26.1. The van der Waals surface area contributed by atoms with Gasteiger partial charge in [0.15, 0.2) is 11.4 Å². The summed E-state index contributed by atoms with van der Waals surface area (Å²) in [7, 11) is 1.57. The second-order valence-corrected chi connectivity index (χ2v) is 8.75. The molecule has 0 fully saturated rings. The normalized spacial score (nSPS) is 10.6. The highest BCUT2D eigenvalue weighted by Crippen LogP contribution is 2.31. The summed E-state index contributed by atoms with van der Waals surface area (Å²) in [5.74, 6) is 1.12. The molecule has 0 atom stereocenters. The van der Waals surface area contributed by atoms with Crippen LogP contribution in [-0.2, 0) is 0 Å². The van der Waals surface area contributed by atoms with E-state index < -0.39 is 5.56 Å². The zero-order valence-corrected chi connectivity index (χ0v) is 21.6. The maximum atomic E-state index is 13.6. The van der Waals surface area contributed by atoms with Gasteiger partial charge < -0.3 is 20.1 Å². The lowest BCUT2D eigenvalue weighted by Gasteiger charge is -2.15. The SMILES string of the molecule is CCCNC(=O)c1cccc(Nc2c(Oc3ccc(OC)cc3)cnn(-c3ccc(Cl)c(Cl)c3)c2=O)c1. The van der Waals surface area contributed by atoms with Crippen LogP contribution in [0.3, 0.4) is 0 Å². The Morgan fingerprint density at radius 2 is 1.76 bits per heavy atom. The molecular weight excluding hydrogens is 515 g/mol. The van der Waals surface area contributed by atoms with Crippen LogP contribution >= 0.6 is 23.2 Å². The van der Waals surface area contributed by atoms with Gasteiger partial charge in [-0.2, -0.15) is 9.78 Å². The molecule has 8 nitrogen and oxygen atoms in total.